The number of hydrogen-bond acceptors (Lipinski definition) is 8. The molecule has 0 saturated heterocycles. The monoisotopic (exact) mass is 398 g/mol. The maximum absolute atomic E-state index is 12.1. The number of rotatable bonds is 7. The van der Waals surface area contributed by atoms with Crippen molar-refractivity contribution in [2.75, 3.05) is 5.32 Å². The van der Waals surface area contributed by atoms with Crippen molar-refractivity contribution in [2.24, 2.45) is 5.73 Å². The number of aliphatic hydroxyl groups is 1. The van der Waals surface area contributed by atoms with Crippen LogP contribution < -0.4 is 11.1 Å². The Morgan fingerprint density at radius 1 is 1.52 bits per heavy atom. The maximum atomic E-state index is 12.1. The zero-order chi connectivity index (χ0) is 18.0. The summed E-state index contributed by atoms with van der Waals surface area (Å²) in [6.07, 6.45) is 4.25. The van der Waals surface area contributed by atoms with Crippen LogP contribution in [-0.2, 0) is 21.6 Å². The molecule has 2 heterocycles. The summed E-state index contributed by atoms with van der Waals surface area (Å²) in [6.45, 7) is 1.72. The van der Waals surface area contributed by atoms with Gasteiger partial charge in [-0.05, 0) is 26.2 Å². The smallest absolute Gasteiger partial charge is 0.232 e. The highest BCUT2D eigenvalue weighted by Crippen LogP contribution is 2.44. The van der Waals surface area contributed by atoms with Gasteiger partial charge in [0, 0.05) is 11.6 Å². The van der Waals surface area contributed by atoms with Crippen LogP contribution in [0.1, 0.15) is 36.8 Å². The number of anilines is 1. The summed E-state index contributed by atoms with van der Waals surface area (Å²) < 4.78 is 0.706. The molecule has 2 aromatic rings. The fourth-order valence-corrected chi connectivity index (χ4v) is 5.18. The van der Waals surface area contributed by atoms with Gasteiger partial charge in [0.15, 0.2) is 9.47 Å². The lowest BCUT2D eigenvalue weighted by atomic mass is 9.79. The van der Waals surface area contributed by atoms with Crippen molar-refractivity contribution in [3.05, 3.63) is 22.1 Å². The standard InChI is InChI=1S/C15H18N4O3S3/c1-8(12(16)21)24-14-18-9(7-23-14)5-11(20)19-13-17-6-10(25-13)15(22)3-2-4-15/h6-8,22H,2-5H2,1H3,(H2,16,21)(H,17,19,20). The molecule has 3 rings (SSSR count). The molecule has 1 unspecified atom stereocenters. The third-order valence-corrected chi connectivity index (χ3v) is 7.19. The van der Waals surface area contributed by atoms with Crippen LogP contribution in [0.4, 0.5) is 5.13 Å². The number of aromatic nitrogens is 2. The van der Waals surface area contributed by atoms with Crippen LogP contribution in [0, 0.1) is 0 Å². The molecule has 1 fully saturated rings. The van der Waals surface area contributed by atoms with E-state index < -0.39 is 11.5 Å². The van der Waals surface area contributed by atoms with E-state index in [2.05, 4.69) is 15.3 Å². The molecule has 10 heteroatoms. The molecule has 1 aliphatic carbocycles. The molecule has 134 valence electrons. The van der Waals surface area contributed by atoms with Crippen LogP contribution in [0.3, 0.4) is 0 Å². The van der Waals surface area contributed by atoms with E-state index in [9.17, 15) is 14.7 Å². The minimum atomic E-state index is -0.765. The Bertz CT molecular complexity index is 785. The maximum Gasteiger partial charge on any atom is 0.232 e. The molecule has 0 radical (unpaired) electrons. The predicted octanol–water partition coefficient (Wildman–Crippen LogP) is 2.12. The summed E-state index contributed by atoms with van der Waals surface area (Å²) in [5, 5.41) is 14.9. The second-order valence-corrected chi connectivity index (χ2v) is 9.38. The lowest BCUT2D eigenvalue weighted by Crippen LogP contribution is -2.32. The Labute approximate surface area is 157 Å². The largest absolute Gasteiger partial charge is 0.384 e. The number of carbonyl (C=O) groups excluding carboxylic acids is 2. The summed E-state index contributed by atoms with van der Waals surface area (Å²) in [5.41, 5.74) is 5.10. The molecule has 2 aromatic heterocycles. The van der Waals surface area contributed by atoms with Crippen LogP contribution in [0.15, 0.2) is 15.9 Å². The van der Waals surface area contributed by atoms with E-state index in [1.54, 1.807) is 18.5 Å². The zero-order valence-electron chi connectivity index (χ0n) is 13.5. The number of thioether (sulfide) groups is 1. The molecule has 1 aliphatic rings. The molecule has 4 N–H and O–H groups in total. The first kappa shape index (κ1) is 18.3. The minimum absolute atomic E-state index is 0.126. The number of nitrogens with one attached hydrogen (secondary N) is 1. The van der Waals surface area contributed by atoms with Crippen molar-refractivity contribution < 1.29 is 14.7 Å². The van der Waals surface area contributed by atoms with Gasteiger partial charge in [-0.25, -0.2) is 9.97 Å². The summed E-state index contributed by atoms with van der Waals surface area (Å²) in [7, 11) is 0. The van der Waals surface area contributed by atoms with Gasteiger partial charge in [0.2, 0.25) is 11.8 Å². The summed E-state index contributed by atoms with van der Waals surface area (Å²) >= 11 is 3.97. The molecule has 25 heavy (non-hydrogen) atoms. The van der Waals surface area contributed by atoms with Crippen molar-refractivity contribution in [1.82, 2.24) is 9.97 Å². The normalized spacial score (nSPS) is 16.9. The van der Waals surface area contributed by atoms with E-state index in [4.69, 9.17) is 5.73 Å². The average Bonchev–Trinajstić information content (AvgIpc) is 3.14. The summed E-state index contributed by atoms with van der Waals surface area (Å²) in [6, 6.07) is 0. The highest BCUT2D eigenvalue weighted by Gasteiger charge is 2.38. The average molecular weight is 399 g/mol. The van der Waals surface area contributed by atoms with Crippen LogP contribution in [0.2, 0.25) is 0 Å². The number of nitrogens with two attached hydrogens (primary N) is 1. The Morgan fingerprint density at radius 2 is 2.28 bits per heavy atom. The Balaban J connectivity index is 1.54. The molecular weight excluding hydrogens is 380 g/mol. The van der Waals surface area contributed by atoms with E-state index in [1.807, 2.05) is 0 Å². The Morgan fingerprint density at radius 3 is 2.92 bits per heavy atom. The molecule has 7 nitrogen and oxygen atoms in total. The fourth-order valence-electron chi connectivity index (χ4n) is 2.27. The second kappa shape index (κ2) is 7.40. The van der Waals surface area contributed by atoms with E-state index in [1.165, 1.54) is 34.4 Å². The van der Waals surface area contributed by atoms with E-state index in [0.717, 1.165) is 24.1 Å². The van der Waals surface area contributed by atoms with Gasteiger partial charge in [-0.15, -0.1) is 11.3 Å². The van der Waals surface area contributed by atoms with Gasteiger partial charge in [0.25, 0.3) is 0 Å². The third-order valence-electron chi connectivity index (χ3n) is 3.94. The van der Waals surface area contributed by atoms with Gasteiger partial charge < -0.3 is 16.2 Å². The number of nitrogens with zero attached hydrogens (tertiary/aromatic N) is 2. The van der Waals surface area contributed by atoms with Crippen LogP contribution in [0.5, 0.6) is 0 Å². The van der Waals surface area contributed by atoms with Crippen molar-refractivity contribution in [3.8, 4) is 0 Å². The number of amides is 2. The quantitative estimate of drug-likeness (QED) is 0.615. The van der Waals surface area contributed by atoms with Gasteiger partial charge in [0.05, 0.1) is 22.2 Å². The van der Waals surface area contributed by atoms with Crippen LogP contribution >= 0.6 is 34.4 Å². The summed E-state index contributed by atoms with van der Waals surface area (Å²) in [4.78, 5) is 32.5. The molecule has 2 amide bonds. The third kappa shape index (κ3) is 4.38. The lowest BCUT2D eigenvalue weighted by Gasteiger charge is -2.35. The molecule has 0 spiro atoms. The minimum Gasteiger partial charge on any atom is -0.384 e. The number of hydrogen-bond donors (Lipinski definition) is 3. The molecular formula is C15H18N4O3S3. The lowest BCUT2D eigenvalue weighted by molar-refractivity contribution is -0.117. The van der Waals surface area contributed by atoms with Gasteiger partial charge in [0.1, 0.15) is 5.60 Å². The molecule has 1 saturated carbocycles. The Hall–Kier alpha value is -1.49. The molecule has 0 aromatic carbocycles. The predicted molar refractivity (Wildman–Crippen MR) is 98.8 cm³/mol. The molecule has 1 atom stereocenters. The highest BCUT2D eigenvalue weighted by molar-refractivity contribution is 8.02. The SMILES string of the molecule is CC(Sc1nc(CC(=O)Nc2ncc(C3(O)CCC3)s2)cs1)C(N)=O. The van der Waals surface area contributed by atoms with Gasteiger partial charge in [-0.3, -0.25) is 9.59 Å². The van der Waals surface area contributed by atoms with Crippen LogP contribution in [-0.4, -0.2) is 32.1 Å². The van der Waals surface area contributed by atoms with E-state index in [-0.39, 0.29) is 17.6 Å². The van der Waals surface area contributed by atoms with Gasteiger partial charge in [-0.1, -0.05) is 23.1 Å². The second-order valence-electron chi connectivity index (χ2n) is 5.91. The van der Waals surface area contributed by atoms with Crippen molar-refractivity contribution in [2.45, 2.75) is 47.8 Å². The molecule has 0 aliphatic heterocycles. The summed E-state index contributed by atoms with van der Waals surface area (Å²) in [5.74, 6) is -0.613. The molecule has 0 bridgehead atoms. The van der Waals surface area contributed by atoms with Crippen LogP contribution in [0.25, 0.3) is 0 Å². The van der Waals surface area contributed by atoms with Crippen molar-refractivity contribution >= 4 is 51.4 Å². The first-order valence-corrected chi connectivity index (χ1v) is 10.3. The first-order valence-electron chi connectivity index (χ1n) is 7.75. The van der Waals surface area contributed by atoms with Gasteiger partial charge >= 0.3 is 0 Å². The fraction of sp³-hybridized carbons (Fsp3) is 0.467. The number of thiazole rings is 2. The topological polar surface area (TPSA) is 118 Å². The Kier molecular flexibility index (Phi) is 5.42. The number of primary amides is 1. The van der Waals surface area contributed by atoms with E-state index in [0.29, 0.717) is 15.2 Å². The first-order chi connectivity index (χ1) is 11.9. The van der Waals surface area contributed by atoms with Crippen molar-refractivity contribution in [3.63, 3.8) is 0 Å². The van der Waals surface area contributed by atoms with Gasteiger partial charge in [-0.2, -0.15) is 0 Å². The van der Waals surface area contributed by atoms with E-state index >= 15 is 0 Å². The highest BCUT2D eigenvalue weighted by atomic mass is 32.2. The van der Waals surface area contributed by atoms with Crippen molar-refractivity contribution in [1.29, 1.82) is 0 Å². The number of carbonyl (C=O) groups is 2. The zero-order valence-corrected chi connectivity index (χ0v) is 16.0.